The summed E-state index contributed by atoms with van der Waals surface area (Å²) in [5, 5.41) is 0. The number of hydrogen-bond acceptors (Lipinski definition) is 4. The molecular weight excluding hydrogens is 352 g/mol. The number of aryl methyl sites for hydroxylation is 1. The summed E-state index contributed by atoms with van der Waals surface area (Å²) in [6, 6.07) is 8.77. The fraction of sp³-hybridized carbons (Fsp3) is 0.143. The minimum absolute atomic E-state index is 0.0473. The van der Waals surface area contributed by atoms with E-state index in [9.17, 15) is 14.4 Å². The van der Waals surface area contributed by atoms with Crippen LogP contribution in [0.3, 0.4) is 0 Å². The van der Waals surface area contributed by atoms with Crippen LogP contribution in [0.1, 0.15) is 10.4 Å². The van der Waals surface area contributed by atoms with Crippen molar-refractivity contribution in [2.75, 3.05) is 0 Å². The van der Waals surface area contributed by atoms with E-state index in [1.807, 2.05) is 6.07 Å². The van der Waals surface area contributed by atoms with Gasteiger partial charge in [0.05, 0.1) is 6.54 Å². The van der Waals surface area contributed by atoms with Gasteiger partial charge in [-0.25, -0.2) is 4.79 Å². The van der Waals surface area contributed by atoms with Gasteiger partial charge in [0.15, 0.2) is 16.0 Å². The maximum Gasteiger partial charge on any atom is 0.327 e. The van der Waals surface area contributed by atoms with E-state index < -0.39 is 11.2 Å². The molecule has 0 unspecified atom stereocenters. The van der Waals surface area contributed by atoms with Crippen LogP contribution in [-0.4, -0.2) is 24.9 Å². The number of rotatable bonds is 3. The number of imidazole rings is 1. The van der Waals surface area contributed by atoms with Gasteiger partial charge in [0.25, 0.3) is 5.56 Å². The first-order valence-corrected chi connectivity index (χ1v) is 7.21. The summed E-state index contributed by atoms with van der Waals surface area (Å²) >= 11 is 3.17. The highest BCUT2D eigenvalue weighted by molar-refractivity contribution is 9.10. The summed E-state index contributed by atoms with van der Waals surface area (Å²) in [5.41, 5.74) is -0.0312. The number of H-pyrrole nitrogens is 1. The van der Waals surface area contributed by atoms with Gasteiger partial charge in [-0.3, -0.25) is 23.7 Å². The number of benzene rings is 1. The maximum atomic E-state index is 12.3. The molecule has 2 aromatic heterocycles. The third kappa shape index (κ3) is 2.31. The van der Waals surface area contributed by atoms with Gasteiger partial charge >= 0.3 is 5.69 Å². The molecule has 0 saturated carbocycles. The fourth-order valence-electron chi connectivity index (χ4n) is 2.24. The second kappa shape index (κ2) is 5.38. The van der Waals surface area contributed by atoms with E-state index in [0.29, 0.717) is 5.56 Å². The summed E-state index contributed by atoms with van der Waals surface area (Å²) in [4.78, 5) is 42.4. The SMILES string of the molecule is Cn1c(=O)[nH]c2c1c(=O)nc(Br)n2CC(=O)c1ccccc1. The average Bonchev–Trinajstić information content (AvgIpc) is 2.80. The largest absolute Gasteiger partial charge is 0.327 e. The van der Waals surface area contributed by atoms with Crippen LogP contribution in [-0.2, 0) is 13.6 Å². The highest BCUT2D eigenvalue weighted by Gasteiger charge is 2.17. The van der Waals surface area contributed by atoms with Crippen LogP contribution in [0.25, 0.3) is 11.2 Å². The second-order valence-electron chi connectivity index (χ2n) is 4.75. The van der Waals surface area contributed by atoms with Crippen LogP contribution in [0.2, 0.25) is 0 Å². The number of halogens is 1. The lowest BCUT2D eigenvalue weighted by molar-refractivity contribution is 0.0972. The summed E-state index contributed by atoms with van der Waals surface area (Å²) < 4.78 is 2.84. The maximum absolute atomic E-state index is 12.3. The third-order valence-electron chi connectivity index (χ3n) is 3.38. The molecule has 0 aliphatic rings. The van der Waals surface area contributed by atoms with Gasteiger partial charge in [0.2, 0.25) is 0 Å². The molecule has 112 valence electrons. The van der Waals surface area contributed by atoms with E-state index in [0.717, 1.165) is 0 Å². The molecule has 0 radical (unpaired) electrons. The molecule has 8 heteroatoms. The molecule has 2 heterocycles. The summed E-state index contributed by atoms with van der Waals surface area (Å²) in [6.07, 6.45) is 0. The van der Waals surface area contributed by atoms with E-state index in [-0.39, 0.29) is 28.2 Å². The van der Waals surface area contributed by atoms with Crippen LogP contribution < -0.4 is 11.2 Å². The zero-order valence-electron chi connectivity index (χ0n) is 11.5. The molecular formula is C14H11BrN4O3. The van der Waals surface area contributed by atoms with Crippen molar-refractivity contribution >= 4 is 32.9 Å². The summed E-state index contributed by atoms with van der Waals surface area (Å²) in [7, 11) is 1.47. The predicted molar refractivity (Wildman–Crippen MR) is 84.1 cm³/mol. The Bertz CT molecular complexity index is 985. The first-order valence-electron chi connectivity index (χ1n) is 6.42. The molecule has 0 saturated heterocycles. The van der Waals surface area contributed by atoms with Gasteiger partial charge in [-0.15, -0.1) is 0 Å². The molecule has 0 aliphatic heterocycles. The summed E-state index contributed by atoms with van der Waals surface area (Å²) in [5.74, 6) is -0.155. The molecule has 0 bridgehead atoms. The Balaban J connectivity index is 2.16. The van der Waals surface area contributed by atoms with Crippen LogP contribution in [0, 0.1) is 0 Å². The number of aromatic nitrogens is 4. The monoisotopic (exact) mass is 362 g/mol. The first kappa shape index (κ1) is 14.5. The Labute approximate surface area is 132 Å². The number of nitrogens with one attached hydrogen (secondary N) is 1. The van der Waals surface area contributed by atoms with Crippen molar-refractivity contribution in [2.45, 2.75) is 6.54 Å². The smallest absolute Gasteiger partial charge is 0.297 e. The molecule has 7 nitrogen and oxygen atoms in total. The van der Waals surface area contributed by atoms with Gasteiger partial charge < -0.3 is 0 Å². The topological polar surface area (TPSA) is 89.8 Å². The first-order chi connectivity index (χ1) is 10.5. The normalized spacial score (nSPS) is 11.0. The van der Waals surface area contributed by atoms with Gasteiger partial charge in [0, 0.05) is 12.6 Å². The Morgan fingerprint density at radius 3 is 2.64 bits per heavy atom. The van der Waals surface area contributed by atoms with Crippen LogP contribution in [0.4, 0.5) is 0 Å². The fourth-order valence-corrected chi connectivity index (χ4v) is 2.70. The standard InChI is InChI=1S/C14H11BrN4O3/c1-18-10-11(16-14(18)22)19(13(15)17-12(10)21)7-9(20)8-5-3-2-4-6-8/h2-6H,7H2,1H3,(H,16,22). The lowest BCUT2D eigenvalue weighted by atomic mass is 10.1. The van der Waals surface area contributed by atoms with E-state index >= 15 is 0 Å². The van der Waals surface area contributed by atoms with Crippen molar-refractivity contribution < 1.29 is 4.79 Å². The summed E-state index contributed by atoms with van der Waals surface area (Å²) in [6.45, 7) is -0.0473. The number of Topliss-reactive ketones (excluding diaryl/α,β-unsaturated/α-hetero) is 1. The van der Waals surface area contributed by atoms with Crippen molar-refractivity contribution in [3.05, 3.63) is 61.5 Å². The third-order valence-corrected chi connectivity index (χ3v) is 3.98. The van der Waals surface area contributed by atoms with E-state index in [2.05, 4.69) is 25.9 Å². The van der Waals surface area contributed by atoms with Crippen LogP contribution in [0.15, 0.2) is 44.7 Å². The van der Waals surface area contributed by atoms with Crippen LogP contribution >= 0.6 is 15.9 Å². The van der Waals surface area contributed by atoms with E-state index in [1.54, 1.807) is 24.3 Å². The quantitative estimate of drug-likeness (QED) is 0.557. The number of nitrogens with zero attached hydrogens (tertiary/aromatic N) is 3. The van der Waals surface area contributed by atoms with Crippen molar-refractivity contribution in [1.82, 2.24) is 19.1 Å². The number of hydrogen-bond donors (Lipinski definition) is 1. The molecule has 0 amide bonds. The second-order valence-corrected chi connectivity index (χ2v) is 5.46. The average molecular weight is 363 g/mol. The Morgan fingerprint density at radius 1 is 1.27 bits per heavy atom. The number of fused-ring (bicyclic) bond motifs is 1. The zero-order chi connectivity index (χ0) is 15.9. The van der Waals surface area contributed by atoms with E-state index in [4.69, 9.17) is 0 Å². The minimum atomic E-state index is -0.536. The number of carbonyl (C=O) groups excluding carboxylic acids is 1. The van der Waals surface area contributed by atoms with Gasteiger partial charge in [-0.05, 0) is 15.9 Å². The van der Waals surface area contributed by atoms with Gasteiger partial charge in [0.1, 0.15) is 5.65 Å². The van der Waals surface area contributed by atoms with Crippen molar-refractivity contribution in [2.24, 2.45) is 7.05 Å². The highest BCUT2D eigenvalue weighted by atomic mass is 79.9. The molecule has 0 fully saturated rings. The number of carbonyl (C=O) groups is 1. The Hall–Kier alpha value is -2.48. The molecule has 3 rings (SSSR count). The molecule has 1 N–H and O–H groups in total. The molecule has 1 aromatic carbocycles. The molecule has 3 aromatic rings. The molecule has 22 heavy (non-hydrogen) atoms. The van der Waals surface area contributed by atoms with Crippen molar-refractivity contribution in [3.8, 4) is 0 Å². The lowest BCUT2D eigenvalue weighted by Gasteiger charge is -2.09. The van der Waals surface area contributed by atoms with E-state index in [1.165, 1.54) is 16.2 Å². The van der Waals surface area contributed by atoms with Gasteiger partial charge in [-0.2, -0.15) is 4.98 Å². The molecule has 0 spiro atoms. The van der Waals surface area contributed by atoms with Crippen LogP contribution in [0.5, 0.6) is 0 Å². The molecule has 0 aliphatic carbocycles. The Morgan fingerprint density at radius 2 is 1.95 bits per heavy atom. The number of aromatic amines is 1. The minimum Gasteiger partial charge on any atom is -0.297 e. The molecule has 0 atom stereocenters. The number of ketones is 1. The highest BCUT2D eigenvalue weighted by Crippen LogP contribution is 2.13. The van der Waals surface area contributed by atoms with Crippen molar-refractivity contribution in [3.63, 3.8) is 0 Å². The Kier molecular flexibility index (Phi) is 3.53. The zero-order valence-corrected chi connectivity index (χ0v) is 13.1. The van der Waals surface area contributed by atoms with Gasteiger partial charge in [-0.1, -0.05) is 30.3 Å². The predicted octanol–water partition coefficient (Wildman–Crippen LogP) is 1.07. The van der Waals surface area contributed by atoms with Crippen molar-refractivity contribution in [1.29, 1.82) is 0 Å². The lowest BCUT2D eigenvalue weighted by Crippen LogP contribution is -2.20.